The van der Waals surface area contributed by atoms with Crippen LogP contribution in [0.15, 0.2) is 10.7 Å². The van der Waals surface area contributed by atoms with Crippen LogP contribution >= 0.6 is 0 Å². The Morgan fingerprint density at radius 1 is 1.59 bits per heavy atom. The summed E-state index contributed by atoms with van der Waals surface area (Å²) < 4.78 is 11.1. The average molecular weight is 239 g/mol. The second-order valence-corrected chi connectivity index (χ2v) is 4.44. The zero-order chi connectivity index (χ0) is 12.3. The zero-order valence-corrected chi connectivity index (χ0v) is 10.8. The van der Waals surface area contributed by atoms with Gasteiger partial charge in [-0.15, -0.1) is 0 Å². The molecule has 2 unspecified atom stereocenters. The molecule has 1 aromatic rings. The third kappa shape index (κ3) is 2.79. The molecule has 2 heterocycles. The lowest BCUT2D eigenvalue weighted by molar-refractivity contribution is 0.117. The van der Waals surface area contributed by atoms with Gasteiger partial charge < -0.3 is 19.4 Å². The fraction of sp³-hybridized carbons (Fsp3) is 0.750. The summed E-state index contributed by atoms with van der Waals surface area (Å²) >= 11 is 0. The maximum Gasteiger partial charge on any atom is 0.297 e. The SMILES string of the molecule is CCNCc1coc(N(C)C2CCOC2C)n1. The van der Waals surface area contributed by atoms with E-state index in [-0.39, 0.29) is 6.10 Å². The second-order valence-electron chi connectivity index (χ2n) is 4.44. The molecule has 0 saturated carbocycles. The highest BCUT2D eigenvalue weighted by atomic mass is 16.5. The number of rotatable bonds is 5. The number of aromatic nitrogens is 1. The first-order chi connectivity index (χ1) is 8.22. The molecule has 1 aliphatic rings. The minimum Gasteiger partial charge on any atom is -0.432 e. The molecule has 1 aromatic heterocycles. The molecule has 96 valence electrons. The largest absolute Gasteiger partial charge is 0.432 e. The van der Waals surface area contributed by atoms with Crippen molar-refractivity contribution in [1.29, 1.82) is 0 Å². The zero-order valence-electron chi connectivity index (χ0n) is 10.8. The van der Waals surface area contributed by atoms with Crippen LogP contribution in [-0.2, 0) is 11.3 Å². The van der Waals surface area contributed by atoms with E-state index in [2.05, 4.69) is 29.0 Å². The Hall–Kier alpha value is -1.07. The van der Waals surface area contributed by atoms with Crippen LogP contribution in [0.25, 0.3) is 0 Å². The van der Waals surface area contributed by atoms with Crippen molar-refractivity contribution in [3.63, 3.8) is 0 Å². The van der Waals surface area contributed by atoms with Gasteiger partial charge in [0.1, 0.15) is 6.26 Å². The lowest BCUT2D eigenvalue weighted by Crippen LogP contribution is -2.36. The van der Waals surface area contributed by atoms with Gasteiger partial charge in [0.05, 0.1) is 17.8 Å². The van der Waals surface area contributed by atoms with Crippen molar-refractivity contribution in [2.24, 2.45) is 0 Å². The smallest absolute Gasteiger partial charge is 0.297 e. The Labute approximate surface area is 102 Å². The topological polar surface area (TPSA) is 50.5 Å². The molecule has 5 nitrogen and oxygen atoms in total. The van der Waals surface area contributed by atoms with Gasteiger partial charge in [0, 0.05) is 20.2 Å². The Morgan fingerprint density at radius 3 is 3.06 bits per heavy atom. The molecule has 1 aliphatic heterocycles. The van der Waals surface area contributed by atoms with E-state index < -0.39 is 0 Å². The molecule has 0 aromatic carbocycles. The lowest BCUT2D eigenvalue weighted by Gasteiger charge is -2.24. The van der Waals surface area contributed by atoms with E-state index in [1.807, 2.05) is 7.05 Å². The molecule has 0 amide bonds. The van der Waals surface area contributed by atoms with Crippen LogP contribution < -0.4 is 10.2 Å². The van der Waals surface area contributed by atoms with Crippen LogP contribution in [0.2, 0.25) is 0 Å². The predicted molar refractivity (Wildman–Crippen MR) is 66.1 cm³/mol. The number of hydrogen-bond donors (Lipinski definition) is 1. The van der Waals surface area contributed by atoms with E-state index >= 15 is 0 Å². The second kappa shape index (κ2) is 5.51. The van der Waals surface area contributed by atoms with Crippen LogP contribution in [-0.4, -0.2) is 37.3 Å². The first-order valence-corrected chi connectivity index (χ1v) is 6.22. The Kier molecular flexibility index (Phi) is 4.02. The van der Waals surface area contributed by atoms with Crippen molar-refractivity contribution in [3.8, 4) is 0 Å². The number of hydrogen-bond acceptors (Lipinski definition) is 5. The van der Waals surface area contributed by atoms with Crippen molar-refractivity contribution in [1.82, 2.24) is 10.3 Å². The highest BCUT2D eigenvalue weighted by molar-refractivity contribution is 5.28. The molecular formula is C12H21N3O2. The number of anilines is 1. The molecule has 1 saturated heterocycles. The fourth-order valence-electron chi connectivity index (χ4n) is 2.16. The molecule has 1 fully saturated rings. The summed E-state index contributed by atoms with van der Waals surface area (Å²) in [6, 6.07) is 1.04. The Bertz CT molecular complexity index is 353. The number of ether oxygens (including phenoxy) is 1. The van der Waals surface area contributed by atoms with E-state index in [1.165, 1.54) is 0 Å². The third-order valence-electron chi connectivity index (χ3n) is 3.23. The monoisotopic (exact) mass is 239 g/mol. The Morgan fingerprint density at radius 2 is 2.41 bits per heavy atom. The van der Waals surface area contributed by atoms with E-state index in [0.29, 0.717) is 12.1 Å². The van der Waals surface area contributed by atoms with E-state index in [1.54, 1.807) is 6.26 Å². The Balaban J connectivity index is 1.98. The summed E-state index contributed by atoms with van der Waals surface area (Å²) in [7, 11) is 2.01. The first kappa shape index (κ1) is 12.4. The van der Waals surface area contributed by atoms with Crippen molar-refractivity contribution in [2.45, 2.75) is 39.0 Å². The molecular weight excluding hydrogens is 218 g/mol. The molecule has 0 spiro atoms. The quantitative estimate of drug-likeness (QED) is 0.841. The van der Waals surface area contributed by atoms with E-state index in [0.717, 1.165) is 31.8 Å². The molecule has 0 bridgehead atoms. The maximum atomic E-state index is 5.56. The molecule has 2 rings (SSSR count). The van der Waals surface area contributed by atoms with Crippen molar-refractivity contribution in [2.75, 3.05) is 25.1 Å². The van der Waals surface area contributed by atoms with Gasteiger partial charge in [-0.05, 0) is 19.9 Å². The van der Waals surface area contributed by atoms with Gasteiger partial charge in [-0.25, -0.2) is 0 Å². The fourth-order valence-corrected chi connectivity index (χ4v) is 2.16. The highest BCUT2D eigenvalue weighted by Gasteiger charge is 2.30. The van der Waals surface area contributed by atoms with Gasteiger partial charge in [0.2, 0.25) is 0 Å². The van der Waals surface area contributed by atoms with Crippen LogP contribution in [0, 0.1) is 0 Å². The van der Waals surface area contributed by atoms with Crippen LogP contribution in [0.5, 0.6) is 0 Å². The molecule has 2 atom stereocenters. The standard InChI is InChI=1S/C12H21N3O2/c1-4-13-7-10-8-17-12(14-10)15(3)11-5-6-16-9(11)2/h8-9,11,13H,4-7H2,1-3H3. The molecule has 17 heavy (non-hydrogen) atoms. The number of oxazole rings is 1. The van der Waals surface area contributed by atoms with Crippen LogP contribution in [0.3, 0.4) is 0 Å². The first-order valence-electron chi connectivity index (χ1n) is 6.22. The summed E-state index contributed by atoms with van der Waals surface area (Å²) in [6.45, 7) is 6.68. The van der Waals surface area contributed by atoms with Gasteiger partial charge >= 0.3 is 0 Å². The third-order valence-corrected chi connectivity index (χ3v) is 3.23. The maximum absolute atomic E-state index is 5.56. The number of nitrogens with zero attached hydrogens (tertiary/aromatic N) is 2. The minimum atomic E-state index is 0.240. The molecule has 0 aliphatic carbocycles. The van der Waals surface area contributed by atoms with Gasteiger partial charge in [0.25, 0.3) is 6.01 Å². The van der Waals surface area contributed by atoms with Crippen LogP contribution in [0.1, 0.15) is 26.0 Å². The lowest BCUT2D eigenvalue weighted by atomic mass is 10.1. The van der Waals surface area contributed by atoms with Crippen molar-refractivity contribution in [3.05, 3.63) is 12.0 Å². The summed E-state index contributed by atoms with van der Waals surface area (Å²) in [4.78, 5) is 6.54. The summed E-state index contributed by atoms with van der Waals surface area (Å²) in [6.07, 6.45) is 2.99. The molecule has 0 radical (unpaired) electrons. The minimum absolute atomic E-state index is 0.240. The molecule has 5 heteroatoms. The van der Waals surface area contributed by atoms with E-state index in [4.69, 9.17) is 9.15 Å². The van der Waals surface area contributed by atoms with Gasteiger partial charge in [-0.3, -0.25) is 0 Å². The summed E-state index contributed by atoms with van der Waals surface area (Å²) in [5.41, 5.74) is 0.945. The average Bonchev–Trinajstić information content (AvgIpc) is 2.94. The van der Waals surface area contributed by atoms with Crippen LogP contribution in [0.4, 0.5) is 6.01 Å². The van der Waals surface area contributed by atoms with Gasteiger partial charge in [-0.1, -0.05) is 6.92 Å². The summed E-state index contributed by atoms with van der Waals surface area (Å²) in [5, 5.41) is 3.23. The highest BCUT2D eigenvalue weighted by Crippen LogP contribution is 2.23. The number of nitrogens with one attached hydrogen (secondary N) is 1. The normalized spacial score (nSPS) is 24.2. The predicted octanol–water partition coefficient (Wildman–Crippen LogP) is 1.40. The van der Waals surface area contributed by atoms with E-state index in [9.17, 15) is 0 Å². The number of likely N-dealkylation sites (N-methyl/N-ethyl adjacent to an activating group) is 1. The van der Waals surface area contributed by atoms with Gasteiger partial charge in [0.15, 0.2) is 0 Å². The van der Waals surface area contributed by atoms with Crippen molar-refractivity contribution < 1.29 is 9.15 Å². The van der Waals surface area contributed by atoms with Crippen molar-refractivity contribution >= 4 is 6.01 Å². The van der Waals surface area contributed by atoms with Gasteiger partial charge in [-0.2, -0.15) is 4.98 Å². The molecule has 1 N–H and O–H groups in total. The summed E-state index contributed by atoms with van der Waals surface area (Å²) in [5.74, 6) is 0.